The topological polar surface area (TPSA) is 61.0 Å². The minimum Gasteiger partial charge on any atom is -0.493 e. The van der Waals surface area contributed by atoms with Crippen molar-refractivity contribution in [2.24, 2.45) is 0 Å². The summed E-state index contributed by atoms with van der Waals surface area (Å²) in [7, 11) is 6.45. The van der Waals surface area contributed by atoms with Crippen LogP contribution in [0.25, 0.3) is 0 Å². The van der Waals surface area contributed by atoms with E-state index in [9.17, 15) is 0 Å². The maximum atomic E-state index is 5.48. The summed E-state index contributed by atoms with van der Waals surface area (Å²) < 4.78 is 21.3. The summed E-state index contributed by atoms with van der Waals surface area (Å²) in [4.78, 5) is 0. The standard InChI is InChI=1S/C20H26N2O4S/c1-6-15(13-7-9-16(23-2)18(11-13)25-4)22-20(27)21-14-8-10-17(24-3)19(12-14)26-5/h7-12,15H,6H2,1-5H3,(H2,21,22,27)/t15-/m1/s1. The molecule has 0 aliphatic heterocycles. The van der Waals surface area contributed by atoms with Gasteiger partial charge in [0.15, 0.2) is 28.1 Å². The highest BCUT2D eigenvalue weighted by atomic mass is 32.1. The lowest BCUT2D eigenvalue weighted by molar-refractivity contribution is 0.354. The van der Waals surface area contributed by atoms with E-state index in [0.717, 1.165) is 17.7 Å². The fourth-order valence-corrected chi connectivity index (χ4v) is 2.99. The highest BCUT2D eigenvalue weighted by Gasteiger charge is 2.14. The summed E-state index contributed by atoms with van der Waals surface area (Å²) in [6.07, 6.45) is 0.850. The fourth-order valence-electron chi connectivity index (χ4n) is 2.73. The van der Waals surface area contributed by atoms with Gasteiger partial charge >= 0.3 is 0 Å². The first-order valence-corrected chi connectivity index (χ1v) is 8.98. The van der Waals surface area contributed by atoms with Crippen molar-refractivity contribution in [3.63, 3.8) is 0 Å². The van der Waals surface area contributed by atoms with E-state index in [4.69, 9.17) is 31.2 Å². The molecule has 0 aromatic heterocycles. The molecule has 0 bridgehead atoms. The number of nitrogens with one attached hydrogen (secondary N) is 2. The Morgan fingerprint density at radius 1 is 0.852 bits per heavy atom. The van der Waals surface area contributed by atoms with Crippen molar-refractivity contribution in [1.82, 2.24) is 5.32 Å². The number of rotatable bonds is 8. The Morgan fingerprint density at radius 3 is 1.96 bits per heavy atom. The van der Waals surface area contributed by atoms with Crippen LogP contribution in [0.5, 0.6) is 23.0 Å². The SMILES string of the molecule is CC[C@@H](NC(=S)Nc1ccc(OC)c(OC)c1)c1ccc(OC)c(OC)c1. The maximum Gasteiger partial charge on any atom is 0.171 e. The molecule has 6 nitrogen and oxygen atoms in total. The molecule has 0 unspecified atom stereocenters. The van der Waals surface area contributed by atoms with Gasteiger partial charge in [-0.1, -0.05) is 13.0 Å². The van der Waals surface area contributed by atoms with Crippen molar-refractivity contribution in [1.29, 1.82) is 0 Å². The lowest BCUT2D eigenvalue weighted by Gasteiger charge is -2.21. The van der Waals surface area contributed by atoms with Crippen molar-refractivity contribution in [2.45, 2.75) is 19.4 Å². The Bertz CT molecular complexity index is 783. The van der Waals surface area contributed by atoms with Gasteiger partial charge in [-0.25, -0.2) is 0 Å². The van der Waals surface area contributed by atoms with Crippen molar-refractivity contribution < 1.29 is 18.9 Å². The van der Waals surface area contributed by atoms with Gasteiger partial charge in [-0.2, -0.15) is 0 Å². The second-order valence-corrected chi connectivity index (χ2v) is 6.15. The van der Waals surface area contributed by atoms with Gasteiger partial charge in [0.1, 0.15) is 0 Å². The first-order valence-electron chi connectivity index (χ1n) is 8.57. The molecule has 0 fully saturated rings. The average Bonchev–Trinajstić information content (AvgIpc) is 2.71. The normalized spacial score (nSPS) is 11.3. The summed E-state index contributed by atoms with van der Waals surface area (Å²) in [5.41, 5.74) is 1.87. The third kappa shape index (κ3) is 5.17. The lowest BCUT2D eigenvalue weighted by Crippen LogP contribution is -2.32. The molecule has 2 N–H and O–H groups in total. The summed E-state index contributed by atoms with van der Waals surface area (Å²) in [6, 6.07) is 11.4. The fraction of sp³-hybridized carbons (Fsp3) is 0.350. The molecule has 0 saturated carbocycles. The molecule has 0 spiro atoms. The second kappa shape index (κ2) is 9.87. The Kier molecular flexibility index (Phi) is 7.55. The zero-order chi connectivity index (χ0) is 19.8. The van der Waals surface area contributed by atoms with Gasteiger partial charge in [0.2, 0.25) is 0 Å². The number of ether oxygens (including phenoxy) is 4. The van der Waals surface area contributed by atoms with E-state index in [1.54, 1.807) is 28.4 Å². The van der Waals surface area contributed by atoms with Crippen LogP contribution >= 0.6 is 12.2 Å². The third-order valence-corrected chi connectivity index (χ3v) is 4.38. The molecule has 2 aromatic carbocycles. The predicted molar refractivity (Wildman–Crippen MR) is 111 cm³/mol. The number of benzene rings is 2. The van der Waals surface area contributed by atoms with E-state index in [1.165, 1.54) is 0 Å². The zero-order valence-electron chi connectivity index (χ0n) is 16.3. The Balaban J connectivity index is 2.11. The number of anilines is 1. The van der Waals surface area contributed by atoms with Gasteiger partial charge in [0.25, 0.3) is 0 Å². The monoisotopic (exact) mass is 390 g/mol. The van der Waals surface area contributed by atoms with Crippen molar-refractivity contribution in [2.75, 3.05) is 33.8 Å². The minimum absolute atomic E-state index is 0.0324. The second-order valence-electron chi connectivity index (χ2n) is 5.74. The van der Waals surface area contributed by atoms with Crippen LogP contribution < -0.4 is 29.6 Å². The first-order chi connectivity index (χ1) is 13.1. The summed E-state index contributed by atoms with van der Waals surface area (Å²) >= 11 is 5.48. The predicted octanol–water partition coefficient (Wildman–Crippen LogP) is 4.16. The molecule has 146 valence electrons. The van der Waals surface area contributed by atoms with Crippen molar-refractivity contribution in [3.05, 3.63) is 42.0 Å². The molecule has 27 heavy (non-hydrogen) atoms. The molecule has 0 saturated heterocycles. The van der Waals surface area contributed by atoms with Gasteiger partial charge in [0.05, 0.1) is 34.5 Å². The van der Waals surface area contributed by atoms with Gasteiger partial charge in [-0.05, 0) is 48.5 Å². The molecule has 1 atom stereocenters. The summed E-state index contributed by atoms with van der Waals surface area (Å²) in [5, 5.41) is 7.04. The minimum atomic E-state index is 0.0324. The first kappa shape index (κ1) is 20.6. The molecular weight excluding hydrogens is 364 g/mol. The quantitative estimate of drug-likeness (QED) is 0.656. The van der Waals surface area contributed by atoms with Crippen molar-refractivity contribution in [3.8, 4) is 23.0 Å². The molecular formula is C20H26N2O4S. The smallest absolute Gasteiger partial charge is 0.171 e. The van der Waals surface area contributed by atoms with Gasteiger partial charge in [0, 0.05) is 11.8 Å². The highest BCUT2D eigenvalue weighted by Crippen LogP contribution is 2.32. The van der Waals surface area contributed by atoms with Crippen LogP contribution in [0.15, 0.2) is 36.4 Å². The van der Waals surface area contributed by atoms with E-state index in [1.807, 2.05) is 36.4 Å². The molecule has 2 rings (SSSR count). The molecule has 7 heteroatoms. The molecule has 0 aliphatic carbocycles. The van der Waals surface area contributed by atoms with Crippen LogP contribution in [0, 0.1) is 0 Å². The van der Waals surface area contributed by atoms with E-state index in [-0.39, 0.29) is 6.04 Å². The van der Waals surface area contributed by atoms with Crippen LogP contribution in [0.3, 0.4) is 0 Å². The van der Waals surface area contributed by atoms with Crippen LogP contribution in [0.1, 0.15) is 24.9 Å². The van der Waals surface area contributed by atoms with Crippen LogP contribution in [0.2, 0.25) is 0 Å². The van der Waals surface area contributed by atoms with E-state index in [0.29, 0.717) is 28.1 Å². The van der Waals surface area contributed by atoms with Crippen molar-refractivity contribution >= 4 is 23.0 Å². The molecule has 0 heterocycles. The molecule has 0 amide bonds. The third-order valence-electron chi connectivity index (χ3n) is 4.16. The number of hydrogen-bond acceptors (Lipinski definition) is 5. The molecule has 2 aromatic rings. The zero-order valence-corrected chi connectivity index (χ0v) is 17.1. The van der Waals surface area contributed by atoms with Crippen LogP contribution in [0.4, 0.5) is 5.69 Å². The summed E-state index contributed by atoms with van der Waals surface area (Å²) in [6.45, 7) is 2.09. The van der Waals surface area contributed by atoms with E-state index in [2.05, 4.69) is 17.6 Å². The van der Waals surface area contributed by atoms with Crippen LogP contribution in [-0.4, -0.2) is 33.6 Å². The van der Waals surface area contributed by atoms with E-state index < -0.39 is 0 Å². The maximum absolute atomic E-state index is 5.48. The largest absolute Gasteiger partial charge is 0.493 e. The highest BCUT2D eigenvalue weighted by molar-refractivity contribution is 7.80. The number of hydrogen-bond donors (Lipinski definition) is 2. The number of thiocarbonyl (C=S) groups is 1. The van der Waals surface area contributed by atoms with E-state index >= 15 is 0 Å². The molecule has 0 aliphatic rings. The Morgan fingerprint density at radius 2 is 1.41 bits per heavy atom. The Labute approximate surface area is 165 Å². The van der Waals surface area contributed by atoms with Crippen LogP contribution in [-0.2, 0) is 0 Å². The Hall–Kier alpha value is -2.67. The van der Waals surface area contributed by atoms with Gasteiger partial charge < -0.3 is 29.6 Å². The lowest BCUT2D eigenvalue weighted by atomic mass is 10.0. The average molecular weight is 391 g/mol. The summed E-state index contributed by atoms with van der Waals surface area (Å²) in [5.74, 6) is 2.69. The molecule has 0 radical (unpaired) electrons. The van der Waals surface area contributed by atoms with Gasteiger partial charge in [-0.3, -0.25) is 0 Å². The number of methoxy groups -OCH3 is 4. The van der Waals surface area contributed by atoms with Gasteiger partial charge in [-0.15, -0.1) is 0 Å².